The van der Waals surface area contributed by atoms with Gasteiger partial charge in [-0.25, -0.2) is 0 Å². The molecular weight excluding hydrogens is 197 g/mol. The second kappa shape index (κ2) is 5.32. The lowest BCUT2D eigenvalue weighted by Gasteiger charge is -2.08. The summed E-state index contributed by atoms with van der Waals surface area (Å²) in [4.78, 5) is 4.01. The third-order valence-corrected chi connectivity index (χ3v) is 1.71. The molecule has 5 heteroatoms. The zero-order chi connectivity index (χ0) is 8.27. The number of rotatable bonds is 2. The van der Waals surface area contributed by atoms with E-state index in [-0.39, 0.29) is 18.4 Å². The summed E-state index contributed by atoms with van der Waals surface area (Å²) < 4.78 is 0. The number of aromatic nitrogens is 1. The van der Waals surface area contributed by atoms with Crippen LogP contribution in [0.5, 0.6) is 0 Å². The van der Waals surface area contributed by atoms with E-state index in [0.717, 1.165) is 0 Å². The molecule has 0 spiro atoms. The average Bonchev–Trinajstić information content (AvgIpc) is 2.04. The normalized spacial score (nSPS) is 11.9. The minimum Gasteiger partial charge on any atom is -0.329 e. The lowest BCUT2D eigenvalue weighted by molar-refractivity contribution is 0.711. The SMILES string of the molecule is Cl.NCC(N)c1ncccc1Cl. The van der Waals surface area contributed by atoms with Crippen molar-refractivity contribution < 1.29 is 0 Å². The number of pyridine rings is 1. The molecule has 68 valence electrons. The maximum Gasteiger partial charge on any atom is 0.0769 e. The van der Waals surface area contributed by atoms with Crippen LogP contribution in [-0.4, -0.2) is 11.5 Å². The average molecular weight is 208 g/mol. The van der Waals surface area contributed by atoms with Crippen molar-refractivity contribution in [3.05, 3.63) is 29.0 Å². The second-order valence-corrected chi connectivity index (χ2v) is 2.62. The van der Waals surface area contributed by atoms with Gasteiger partial charge in [-0.2, -0.15) is 0 Å². The molecule has 1 unspecified atom stereocenters. The van der Waals surface area contributed by atoms with Gasteiger partial charge in [0.05, 0.1) is 16.8 Å². The molecule has 0 bridgehead atoms. The van der Waals surface area contributed by atoms with Gasteiger partial charge in [0.2, 0.25) is 0 Å². The van der Waals surface area contributed by atoms with Gasteiger partial charge < -0.3 is 11.5 Å². The maximum atomic E-state index is 5.80. The van der Waals surface area contributed by atoms with E-state index in [1.54, 1.807) is 18.3 Å². The van der Waals surface area contributed by atoms with Crippen LogP contribution in [0.25, 0.3) is 0 Å². The molecule has 1 aromatic rings. The smallest absolute Gasteiger partial charge is 0.0769 e. The van der Waals surface area contributed by atoms with Crippen molar-refractivity contribution in [2.75, 3.05) is 6.54 Å². The van der Waals surface area contributed by atoms with E-state index in [1.807, 2.05) is 0 Å². The van der Waals surface area contributed by atoms with Crippen LogP contribution in [0.4, 0.5) is 0 Å². The van der Waals surface area contributed by atoms with Gasteiger partial charge in [-0.05, 0) is 12.1 Å². The first kappa shape index (κ1) is 11.6. The summed E-state index contributed by atoms with van der Waals surface area (Å²) in [6.45, 7) is 0.358. The van der Waals surface area contributed by atoms with E-state index in [1.165, 1.54) is 0 Å². The van der Waals surface area contributed by atoms with Gasteiger partial charge in [-0.3, -0.25) is 4.98 Å². The topological polar surface area (TPSA) is 64.9 Å². The molecule has 0 aliphatic heterocycles. The Morgan fingerprint density at radius 2 is 2.25 bits per heavy atom. The van der Waals surface area contributed by atoms with Crippen LogP contribution in [0.1, 0.15) is 11.7 Å². The molecular formula is C7H11Cl2N3. The van der Waals surface area contributed by atoms with E-state index in [0.29, 0.717) is 17.3 Å². The zero-order valence-electron chi connectivity index (χ0n) is 6.40. The van der Waals surface area contributed by atoms with Crippen molar-refractivity contribution in [2.24, 2.45) is 11.5 Å². The molecule has 0 amide bonds. The van der Waals surface area contributed by atoms with Gasteiger partial charge in [0, 0.05) is 12.7 Å². The molecule has 0 aromatic carbocycles. The highest BCUT2D eigenvalue weighted by atomic mass is 35.5. The van der Waals surface area contributed by atoms with Gasteiger partial charge >= 0.3 is 0 Å². The number of hydrogen-bond acceptors (Lipinski definition) is 3. The van der Waals surface area contributed by atoms with Crippen molar-refractivity contribution in [3.8, 4) is 0 Å². The molecule has 1 atom stereocenters. The van der Waals surface area contributed by atoms with Gasteiger partial charge in [0.15, 0.2) is 0 Å². The standard InChI is InChI=1S/C7H10ClN3.ClH/c8-5-2-1-3-11-7(5)6(10)4-9;/h1-3,6H,4,9-10H2;1H. The fourth-order valence-electron chi connectivity index (χ4n) is 0.782. The Kier molecular flexibility index (Phi) is 5.17. The molecule has 1 aromatic heterocycles. The summed E-state index contributed by atoms with van der Waals surface area (Å²) in [6, 6.07) is 3.25. The van der Waals surface area contributed by atoms with E-state index < -0.39 is 0 Å². The molecule has 12 heavy (non-hydrogen) atoms. The third-order valence-electron chi connectivity index (χ3n) is 1.39. The fraction of sp³-hybridized carbons (Fsp3) is 0.286. The van der Waals surface area contributed by atoms with Gasteiger partial charge in [0.25, 0.3) is 0 Å². The summed E-state index contributed by atoms with van der Waals surface area (Å²) in [5.74, 6) is 0. The van der Waals surface area contributed by atoms with Crippen LogP contribution in [0.2, 0.25) is 5.02 Å². The highest BCUT2D eigenvalue weighted by Gasteiger charge is 2.07. The quantitative estimate of drug-likeness (QED) is 0.765. The first-order valence-electron chi connectivity index (χ1n) is 3.31. The second-order valence-electron chi connectivity index (χ2n) is 2.21. The number of hydrogen-bond donors (Lipinski definition) is 2. The molecule has 0 fully saturated rings. The number of nitrogens with two attached hydrogens (primary N) is 2. The molecule has 0 saturated heterocycles. The van der Waals surface area contributed by atoms with Gasteiger partial charge in [0.1, 0.15) is 0 Å². The minimum atomic E-state index is -0.260. The Morgan fingerprint density at radius 3 is 2.75 bits per heavy atom. The predicted octanol–water partition coefficient (Wildman–Crippen LogP) is 1.12. The molecule has 0 saturated carbocycles. The summed E-state index contributed by atoms with van der Waals surface area (Å²) in [6.07, 6.45) is 1.65. The lowest BCUT2D eigenvalue weighted by atomic mass is 10.2. The van der Waals surface area contributed by atoms with Crippen molar-refractivity contribution in [2.45, 2.75) is 6.04 Å². The van der Waals surface area contributed by atoms with Crippen molar-refractivity contribution in [1.29, 1.82) is 0 Å². The summed E-state index contributed by atoms with van der Waals surface area (Å²) in [7, 11) is 0. The van der Waals surface area contributed by atoms with Crippen molar-refractivity contribution in [3.63, 3.8) is 0 Å². The first-order valence-corrected chi connectivity index (χ1v) is 3.69. The van der Waals surface area contributed by atoms with Gasteiger partial charge in [-0.15, -0.1) is 12.4 Å². The largest absolute Gasteiger partial charge is 0.329 e. The van der Waals surface area contributed by atoms with Crippen molar-refractivity contribution in [1.82, 2.24) is 4.98 Å². The van der Waals surface area contributed by atoms with Crippen LogP contribution >= 0.6 is 24.0 Å². The molecule has 4 N–H and O–H groups in total. The summed E-state index contributed by atoms with van der Waals surface area (Å²) in [5.41, 5.74) is 11.6. The Balaban J connectivity index is 0.00000121. The van der Waals surface area contributed by atoms with Crippen LogP contribution in [0.3, 0.4) is 0 Å². The van der Waals surface area contributed by atoms with Gasteiger partial charge in [-0.1, -0.05) is 11.6 Å². The third kappa shape index (κ3) is 2.60. The lowest BCUT2D eigenvalue weighted by Crippen LogP contribution is -2.22. The van der Waals surface area contributed by atoms with E-state index >= 15 is 0 Å². The summed E-state index contributed by atoms with van der Waals surface area (Å²) in [5, 5.41) is 0.574. The number of nitrogens with zero attached hydrogens (tertiary/aromatic N) is 1. The fourth-order valence-corrected chi connectivity index (χ4v) is 1.04. The Bertz CT molecular complexity index is 242. The monoisotopic (exact) mass is 207 g/mol. The highest BCUT2D eigenvalue weighted by Crippen LogP contribution is 2.16. The molecule has 1 rings (SSSR count). The molecule has 0 aliphatic rings. The zero-order valence-corrected chi connectivity index (χ0v) is 7.98. The Labute approximate surface area is 82.5 Å². The minimum absolute atomic E-state index is 0. The Morgan fingerprint density at radius 1 is 1.58 bits per heavy atom. The Hall–Kier alpha value is -0.350. The molecule has 0 aliphatic carbocycles. The maximum absolute atomic E-state index is 5.80. The number of halogens is 2. The highest BCUT2D eigenvalue weighted by molar-refractivity contribution is 6.31. The van der Waals surface area contributed by atoms with E-state index in [4.69, 9.17) is 23.1 Å². The molecule has 1 heterocycles. The molecule has 0 radical (unpaired) electrons. The van der Waals surface area contributed by atoms with Crippen LogP contribution < -0.4 is 11.5 Å². The molecule has 3 nitrogen and oxygen atoms in total. The van der Waals surface area contributed by atoms with Crippen LogP contribution in [0, 0.1) is 0 Å². The summed E-state index contributed by atoms with van der Waals surface area (Å²) >= 11 is 5.80. The van der Waals surface area contributed by atoms with E-state index in [2.05, 4.69) is 4.98 Å². The first-order chi connectivity index (χ1) is 5.25. The predicted molar refractivity (Wildman–Crippen MR) is 52.5 cm³/mol. The van der Waals surface area contributed by atoms with E-state index in [9.17, 15) is 0 Å². The van der Waals surface area contributed by atoms with Crippen molar-refractivity contribution >= 4 is 24.0 Å². The van der Waals surface area contributed by atoms with Crippen LogP contribution in [-0.2, 0) is 0 Å². The van der Waals surface area contributed by atoms with Crippen LogP contribution in [0.15, 0.2) is 18.3 Å².